The SMILES string of the molecule is CN(C)CCNC(=O)CC1CCCCC1O. The van der Waals surface area contributed by atoms with Crippen molar-refractivity contribution in [2.75, 3.05) is 27.2 Å². The lowest BCUT2D eigenvalue weighted by Crippen LogP contribution is -2.35. The van der Waals surface area contributed by atoms with Gasteiger partial charge in [-0.15, -0.1) is 0 Å². The van der Waals surface area contributed by atoms with E-state index in [0.29, 0.717) is 13.0 Å². The molecule has 0 aromatic heterocycles. The number of aliphatic hydroxyl groups excluding tert-OH is 1. The van der Waals surface area contributed by atoms with Gasteiger partial charge in [-0.05, 0) is 32.9 Å². The second-order valence-electron chi connectivity index (χ2n) is 4.97. The molecule has 0 aromatic carbocycles. The molecule has 0 saturated heterocycles. The molecule has 94 valence electrons. The third-order valence-electron chi connectivity index (χ3n) is 3.20. The molecular weight excluding hydrogens is 204 g/mol. The van der Waals surface area contributed by atoms with Crippen LogP contribution in [0.1, 0.15) is 32.1 Å². The van der Waals surface area contributed by atoms with Crippen LogP contribution in [0.3, 0.4) is 0 Å². The Hall–Kier alpha value is -0.610. The number of aliphatic hydroxyl groups is 1. The summed E-state index contributed by atoms with van der Waals surface area (Å²) in [5.74, 6) is 0.251. The Balaban J connectivity index is 2.17. The highest BCUT2D eigenvalue weighted by atomic mass is 16.3. The van der Waals surface area contributed by atoms with Crippen LogP contribution in [0.2, 0.25) is 0 Å². The number of likely N-dealkylation sites (N-methyl/N-ethyl adjacent to an activating group) is 1. The summed E-state index contributed by atoms with van der Waals surface area (Å²) in [5, 5.41) is 12.6. The van der Waals surface area contributed by atoms with Gasteiger partial charge in [-0.2, -0.15) is 0 Å². The van der Waals surface area contributed by atoms with Gasteiger partial charge >= 0.3 is 0 Å². The zero-order valence-corrected chi connectivity index (χ0v) is 10.4. The van der Waals surface area contributed by atoms with E-state index in [-0.39, 0.29) is 17.9 Å². The second kappa shape index (κ2) is 6.86. The van der Waals surface area contributed by atoms with Crippen LogP contribution in [0.25, 0.3) is 0 Å². The molecule has 2 N–H and O–H groups in total. The van der Waals surface area contributed by atoms with Crippen molar-refractivity contribution in [3.05, 3.63) is 0 Å². The van der Waals surface area contributed by atoms with Gasteiger partial charge in [-0.25, -0.2) is 0 Å². The molecule has 0 heterocycles. The summed E-state index contributed by atoms with van der Waals surface area (Å²) in [7, 11) is 3.97. The van der Waals surface area contributed by atoms with Gasteiger partial charge < -0.3 is 15.3 Å². The maximum absolute atomic E-state index is 11.6. The third kappa shape index (κ3) is 4.94. The van der Waals surface area contributed by atoms with E-state index in [4.69, 9.17) is 0 Å². The van der Waals surface area contributed by atoms with Crippen molar-refractivity contribution < 1.29 is 9.90 Å². The van der Waals surface area contributed by atoms with E-state index in [9.17, 15) is 9.90 Å². The highest BCUT2D eigenvalue weighted by Gasteiger charge is 2.24. The first kappa shape index (κ1) is 13.5. The van der Waals surface area contributed by atoms with Crippen molar-refractivity contribution in [3.63, 3.8) is 0 Å². The van der Waals surface area contributed by atoms with E-state index in [1.807, 2.05) is 19.0 Å². The van der Waals surface area contributed by atoms with Crippen LogP contribution < -0.4 is 5.32 Å². The maximum Gasteiger partial charge on any atom is 0.220 e. The molecule has 0 aliphatic heterocycles. The molecule has 1 aliphatic rings. The van der Waals surface area contributed by atoms with Crippen molar-refractivity contribution in [1.82, 2.24) is 10.2 Å². The smallest absolute Gasteiger partial charge is 0.220 e. The first-order valence-electron chi connectivity index (χ1n) is 6.19. The van der Waals surface area contributed by atoms with E-state index in [0.717, 1.165) is 32.2 Å². The molecule has 1 aliphatic carbocycles. The number of carbonyl (C=O) groups is 1. The van der Waals surface area contributed by atoms with Crippen molar-refractivity contribution in [2.24, 2.45) is 5.92 Å². The molecule has 0 aromatic rings. The fourth-order valence-electron chi connectivity index (χ4n) is 2.16. The van der Waals surface area contributed by atoms with Crippen molar-refractivity contribution in [1.29, 1.82) is 0 Å². The number of nitrogens with one attached hydrogen (secondary N) is 1. The van der Waals surface area contributed by atoms with Crippen LogP contribution in [0.4, 0.5) is 0 Å². The maximum atomic E-state index is 11.6. The van der Waals surface area contributed by atoms with Crippen LogP contribution in [0.5, 0.6) is 0 Å². The molecule has 0 radical (unpaired) electrons. The second-order valence-corrected chi connectivity index (χ2v) is 4.97. The predicted octanol–water partition coefficient (Wildman–Crippen LogP) is 0.605. The summed E-state index contributed by atoms with van der Waals surface area (Å²) in [6.45, 7) is 1.55. The highest BCUT2D eigenvalue weighted by Crippen LogP contribution is 2.26. The average Bonchev–Trinajstić information content (AvgIpc) is 2.21. The standard InChI is InChI=1S/C12H24N2O2/c1-14(2)8-7-13-12(16)9-10-5-3-4-6-11(10)15/h10-11,15H,3-9H2,1-2H3,(H,13,16). The average molecular weight is 228 g/mol. The minimum absolute atomic E-state index is 0.0767. The monoisotopic (exact) mass is 228 g/mol. The Morgan fingerprint density at radius 3 is 2.69 bits per heavy atom. The molecule has 2 atom stereocenters. The van der Waals surface area contributed by atoms with Crippen LogP contribution >= 0.6 is 0 Å². The van der Waals surface area contributed by atoms with E-state index < -0.39 is 0 Å². The largest absolute Gasteiger partial charge is 0.393 e. The quantitative estimate of drug-likeness (QED) is 0.725. The van der Waals surface area contributed by atoms with Crippen LogP contribution in [-0.2, 0) is 4.79 Å². The molecule has 0 bridgehead atoms. The van der Waals surface area contributed by atoms with Gasteiger partial charge in [-0.3, -0.25) is 4.79 Å². The molecule has 0 spiro atoms. The van der Waals surface area contributed by atoms with Gasteiger partial charge in [0.25, 0.3) is 0 Å². The first-order chi connectivity index (χ1) is 7.59. The number of hydrogen-bond acceptors (Lipinski definition) is 3. The summed E-state index contributed by atoms with van der Waals surface area (Å²) < 4.78 is 0. The zero-order valence-electron chi connectivity index (χ0n) is 10.4. The van der Waals surface area contributed by atoms with E-state index in [1.165, 1.54) is 0 Å². The van der Waals surface area contributed by atoms with E-state index >= 15 is 0 Å². The lowest BCUT2D eigenvalue weighted by atomic mass is 9.84. The van der Waals surface area contributed by atoms with Gasteiger partial charge in [0.05, 0.1) is 6.10 Å². The lowest BCUT2D eigenvalue weighted by molar-refractivity contribution is -0.123. The Labute approximate surface area is 98.0 Å². The molecule has 1 fully saturated rings. The minimum atomic E-state index is -0.270. The van der Waals surface area contributed by atoms with E-state index in [1.54, 1.807) is 0 Å². The van der Waals surface area contributed by atoms with Gasteiger partial charge in [0, 0.05) is 19.5 Å². The Bertz CT molecular complexity index is 219. The van der Waals surface area contributed by atoms with E-state index in [2.05, 4.69) is 5.32 Å². The Morgan fingerprint density at radius 1 is 1.38 bits per heavy atom. The summed E-state index contributed by atoms with van der Waals surface area (Å²) >= 11 is 0. The Morgan fingerprint density at radius 2 is 2.06 bits per heavy atom. The fourth-order valence-corrected chi connectivity index (χ4v) is 2.16. The van der Waals surface area contributed by atoms with Crippen LogP contribution in [0, 0.1) is 5.92 Å². The molecular formula is C12H24N2O2. The summed E-state index contributed by atoms with van der Waals surface area (Å²) in [6.07, 6.45) is 4.30. The number of amides is 1. The first-order valence-corrected chi connectivity index (χ1v) is 6.19. The summed E-state index contributed by atoms with van der Waals surface area (Å²) in [6, 6.07) is 0. The fraction of sp³-hybridized carbons (Fsp3) is 0.917. The third-order valence-corrected chi connectivity index (χ3v) is 3.20. The normalized spacial score (nSPS) is 25.8. The molecule has 1 rings (SSSR count). The van der Waals surface area contributed by atoms with Gasteiger partial charge in [0.15, 0.2) is 0 Å². The van der Waals surface area contributed by atoms with Crippen LogP contribution in [-0.4, -0.2) is 49.2 Å². The summed E-state index contributed by atoms with van der Waals surface area (Å²) in [5.41, 5.74) is 0. The number of nitrogens with zero attached hydrogens (tertiary/aromatic N) is 1. The molecule has 4 heteroatoms. The minimum Gasteiger partial charge on any atom is -0.393 e. The van der Waals surface area contributed by atoms with Crippen molar-refractivity contribution in [2.45, 2.75) is 38.2 Å². The van der Waals surface area contributed by atoms with Crippen molar-refractivity contribution in [3.8, 4) is 0 Å². The predicted molar refractivity (Wildman–Crippen MR) is 64.1 cm³/mol. The van der Waals surface area contributed by atoms with Gasteiger partial charge in [0.2, 0.25) is 5.91 Å². The van der Waals surface area contributed by atoms with Crippen LogP contribution in [0.15, 0.2) is 0 Å². The van der Waals surface area contributed by atoms with Gasteiger partial charge in [-0.1, -0.05) is 12.8 Å². The number of hydrogen-bond donors (Lipinski definition) is 2. The topological polar surface area (TPSA) is 52.6 Å². The number of carbonyl (C=O) groups excluding carboxylic acids is 1. The zero-order chi connectivity index (χ0) is 12.0. The molecule has 1 saturated carbocycles. The molecule has 4 nitrogen and oxygen atoms in total. The highest BCUT2D eigenvalue weighted by molar-refractivity contribution is 5.76. The van der Waals surface area contributed by atoms with Crippen molar-refractivity contribution >= 4 is 5.91 Å². The Kier molecular flexibility index (Phi) is 5.77. The molecule has 1 amide bonds. The lowest BCUT2D eigenvalue weighted by Gasteiger charge is -2.27. The molecule has 2 unspecified atom stereocenters. The molecule has 16 heavy (non-hydrogen) atoms. The summed E-state index contributed by atoms with van der Waals surface area (Å²) in [4.78, 5) is 13.6. The van der Waals surface area contributed by atoms with Gasteiger partial charge in [0.1, 0.15) is 0 Å². The number of rotatable bonds is 5.